The van der Waals surface area contributed by atoms with Crippen molar-refractivity contribution < 1.29 is 85.1 Å². The minimum absolute atomic E-state index is 0. The minimum Gasteiger partial charge on any atom is -1.00 e. The van der Waals surface area contributed by atoms with Crippen molar-refractivity contribution in [2.45, 2.75) is 209 Å². The van der Waals surface area contributed by atoms with Gasteiger partial charge in [0.25, 0.3) is 0 Å². The molecule has 19 nitrogen and oxygen atoms in total. The van der Waals surface area contributed by atoms with Crippen LogP contribution in [-0.4, -0.2) is 131 Å². The van der Waals surface area contributed by atoms with Crippen molar-refractivity contribution in [3.63, 3.8) is 0 Å². The fourth-order valence-corrected chi connectivity index (χ4v) is 18.4. The molecule has 5 unspecified atom stereocenters. The Hall–Kier alpha value is -5.88. The van der Waals surface area contributed by atoms with Crippen molar-refractivity contribution in [3.05, 3.63) is 178 Å². The SMILES string of the molecule is CC1CC=C(OS(=O)(=O)C(F)(F)F)N(C(=O)OC(C)(C)C)C1.Cc1nc2cc(B3OC(C)(C)C(C)(C)O3)ccc2s1.Cc1nc2cc(Br)ccc2s1.Cc1nc2cc(C3=CCC(C)CN3C(=O)OC(C)(C)C)ccc2s1.Cc1nc2cc(C3=NCC(C)CC3)ccc2s1.Cc1nc2cc(C3CCC(C)CN3)ccc2s1.Nc1cc(Br)ccc1S.[B].[H-].[Na+]. The Morgan fingerprint density at radius 1 is 0.587 bits per heavy atom. The van der Waals surface area contributed by atoms with Crippen LogP contribution < -0.4 is 46.1 Å². The van der Waals surface area contributed by atoms with Crippen LogP contribution >= 0.6 is 101 Å². The number of alkyl halides is 3. The van der Waals surface area contributed by atoms with Gasteiger partial charge >= 0.3 is 64.5 Å². The number of aliphatic imine (C=N–C) groups is 1. The molecule has 0 aliphatic carbocycles. The number of aryl methyl sites for hydroxylation is 5. The first-order valence-electron chi connectivity index (χ1n) is 39.4. The number of hydrogen-bond acceptors (Lipinski definition) is 23. The van der Waals surface area contributed by atoms with Crippen LogP contribution in [0.15, 0.2) is 146 Å². The Kier molecular flexibility index (Phi) is 35.4. The third-order valence-electron chi connectivity index (χ3n) is 19.8. The molecule has 3 N–H and O–H groups in total. The number of rotatable bonds is 6. The predicted molar refractivity (Wildman–Crippen MR) is 502 cm³/mol. The van der Waals surface area contributed by atoms with Crippen molar-refractivity contribution in [2.75, 3.05) is 31.9 Å². The summed E-state index contributed by atoms with van der Waals surface area (Å²) in [5.74, 6) is 1.21. The molecule has 34 heteroatoms. The van der Waals surface area contributed by atoms with Gasteiger partial charge in [0, 0.05) is 64.9 Å². The maximum absolute atomic E-state index is 12.7. The summed E-state index contributed by atoms with van der Waals surface area (Å²) in [6.07, 6.45) is 8.19. The Bertz CT molecular complexity index is 5640. The van der Waals surface area contributed by atoms with Gasteiger partial charge in [-0.25, -0.2) is 39.4 Å². The smallest absolute Gasteiger partial charge is 1.00 e. The van der Waals surface area contributed by atoms with Crippen LogP contribution in [0.25, 0.3) is 56.8 Å². The Balaban J connectivity index is 0.000000198. The summed E-state index contributed by atoms with van der Waals surface area (Å²) in [4.78, 5) is 55.3. The third-order valence-corrected chi connectivity index (χ3v) is 26.9. The van der Waals surface area contributed by atoms with E-state index in [1.165, 1.54) is 59.6 Å². The van der Waals surface area contributed by atoms with E-state index in [2.05, 4.69) is 231 Å². The number of piperidine rings is 1. The monoisotopic (exact) mass is 1920 g/mol. The van der Waals surface area contributed by atoms with Gasteiger partial charge in [0.1, 0.15) is 11.2 Å². The zero-order chi connectivity index (χ0) is 87.0. The zero-order valence-corrected chi connectivity index (χ0v) is 83.2. The van der Waals surface area contributed by atoms with Crippen LogP contribution in [0.3, 0.4) is 0 Å². The second-order valence-electron chi connectivity index (χ2n) is 33.4. The van der Waals surface area contributed by atoms with E-state index in [9.17, 15) is 31.2 Å². The van der Waals surface area contributed by atoms with Gasteiger partial charge in [-0.05, 0) is 280 Å². The summed E-state index contributed by atoms with van der Waals surface area (Å²) in [6.45, 7) is 40.2. The van der Waals surface area contributed by atoms with Gasteiger partial charge < -0.3 is 35.4 Å². The summed E-state index contributed by atoms with van der Waals surface area (Å²) < 4.78 is 94.5. The summed E-state index contributed by atoms with van der Waals surface area (Å²) in [7, 11) is -6.15. The van der Waals surface area contributed by atoms with Crippen molar-refractivity contribution in [3.8, 4) is 0 Å². The fourth-order valence-electron chi connectivity index (χ4n) is 13.0. The molecular formula is C87H107B2Br2F3N10NaO9S7. The van der Waals surface area contributed by atoms with E-state index in [4.69, 9.17) is 24.5 Å². The van der Waals surface area contributed by atoms with Gasteiger partial charge in [-0.2, -0.15) is 21.6 Å². The number of hydrogen-bond donors (Lipinski definition) is 3. The van der Waals surface area contributed by atoms with E-state index in [1.54, 1.807) is 89.3 Å². The summed E-state index contributed by atoms with van der Waals surface area (Å²) in [6, 6.07) is 38.0. The molecule has 5 aromatic heterocycles. The Morgan fingerprint density at radius 3 is 1.50 bits per heavy atom. The van der Waals surface area contributed by atoms with Gasteiger partial charge in [0.2, 0.25) is 5.88 Å². The number of halogens is 5. The fraction of sp³-hybridized carbons (Fsp3) is 0.448. The van der Waals surface area contributed by atoms with Crippen molar-refractivity contribution in [1.82, 2.24) is 40.0 Å². The van der Waals surface area contributed by atoms with Crippen LogP contribution in [0.5, 0.6) is 0 Å². The molecule has 11 aromatic rings. The maximum atomic E-state index is 12.7. The number of allylic oxidation sites excluding steroid dienone is 2. The number of fused-ring (bicyclic) bond motifs is 5. The molecule has 16 rings (SSSR count). The molecule has 0 bridgehead atoms. The van der Waals surface area contributed by atoms with Crippen LogP contribution in [0.1, 0.15) is 185 Å². The molecule has 0 spiro atoms. The number of amides is 2. The van der Waals surface area contributed by atoms with E-state index < -0.39 is 38.8 Å². The molecule has 5 aliphatic rings. The average molecular weight is 1920 g/mol. The normalized spacial score (nSPS) is 18.9. The van der Waals surface area contributed by atoms with Crippen molar-refractivity contribution >= 4 is 213 Å². The van der Waals surface area contributed by atoms with Gasteiger partial charge in [0.05, 0.1) is 93.0 Å². The van der Waals surface area contributed by atoms with Gasteiger partial charge in [-0.3, -0.25) is 9.89 Å². The maximum Gasteiger partial charge on any atom is 1.00 e. The molecule has 2 saturated heterocycles. The molecular weight excluding hydrogens is 1810 g/mol. The number of benzene rings is 6. The molecule has 121 heavy (non-hydrogen) atoms. The zero-order valence-electron chi connectivity index (χ0n) is 73.3. The third kappa shape index (κ3) is 28.3. The largest absolute Gasteiger partial charge is 1.00 e. The number of carbonyl (C=O) groups excluding carboxylic acids is 2. The van der Waals surface area contributed by atoms with E-state index in [0.29, 0.717) is 24.2 Å². The van der Waals surface area contributed by atoms with Gasteiger partial charge in [0.15, 0.2) is 0 Å². The minimum atomic E-state index is -5.84. The second kappa shape index (κ2) is 42.6. The first-order chi connectivity index (χ1) is 55.6. The van der Waals surface area contributed by atoms with E-state index in [0.717, 1.165) is 132 Å². The number of nitrogens with two attached hydrogens (primary N) is 1. The molecule has 2 amide bonds. The standard InChI is InChI=1S/C19H24N2O2S.C14H18BNO2S.C14H18N2S.C14H16N2S.C12H18F3NO5S.C8H6BrNS.C6H6BrNS.B.Na.H/c1-12-6-8-16(21(11-12)18(22)23-19(3,4)5)14-7-9-17-15(10-14)20-13(2)24-17;1-9-16-11-8-10(6-7-12(11)19-9)15-17-13(2,3)14(4,5)18-15;2*1-9-3-5-12(15-8-9)11-4-6-14-13(7-11)16-10(2)17-14;1-8-5-6-9(21-22(18,19)12(13,14)15)16(7-8)10(17)20-11(2,3)4;1-5-10-7-4-6(9)2-3-8(7)11-5;7-4-1-2-6(9)5(8)3-4;;;/h7-10,12H,6,11H2,1-5H3;6-8H,1-5H3;4,6-7,9,12,15H,3,5,8H2,1-2H3;4,6-7,9H,3,5,8H2,1-2H3;6,8H,5,7H2,1-4H3;2-4H,1H3;1-3,9H,8H2;;;/q;;;;;;;;+1;-1. The second-order valence-corrected chi connectivity index (χ2v) is 43.5. The number of nitrogens with zero attached hydrogens (tertiary/aromatic N) is 8. The number of nitrogen functional groups attached to an aromatic ring is 1. The molecule has 10 heterocycles. The van der Waals surface area contributed by atoms with E-state index >= 15 is 0 Å². The number of thiol groups is 1. The van der Waals surface area contributed by atoms with Crippen LogP contribution in [0.4, 0.5) is 28.4 Å². The Labute approximate surface area is 777 Å². The average Bonchev–Trinajstić information content (AvgIpc) is 1.61. The molecule has 5 atom stereocenters. The summed E-state index contributed by atoms with van der Waals surface area (Å²) in [5, 5.41) is 9.18. The van der Waals surface area contributed by atoms with Crippen molar-refractivity contribution in [1.29, 1.82) is 0 Å². The molecule has 643 valence electrons. The van der Waals surface area contributed by atoms with Crippen LogP contribution in [-0.2, 0) is 33.1 Å². The number of nitrogens with one attached hydrogen (secondary N) is 1. The number of aromatic nitrogens is 5. The van der Waals surface area contributed by atoms with Crippen LogP contribution in [0, 0.1) is 58.3 Å². The van der Waals surface area contributed by atoms with E-state index in [1.807, 2.05) is 71.9 Å². The summed E-state index contributed by atoms with van der Waals surface area (Å²) >= 11 is 19.4. The topological polar surface area (TPSA) is 236 Å². The molecule has 6 aromatic carbocycles. The number of carbonyl (C=O) groups is 2. The van der Waals surface area contributed by atoms with Gasteiger partial charge in [-0.1, -0.05) is 89.9 Å². The first kappa shape index (κ1) is 101. The molecule has 3 radical (unpaired) electrons. The predicted octanol–water partition coefficient (Wildman–Crippen LogP) is 21.0. The van der Waals surface area contributed by atoms with Crippen molar-refractivity contribution in [2.24, 2.45) is 28.7 Å². The number of thiazole rings is 5. The molecule has 5 aliphatic heterocycles. The number of ether oxygens (including phenoxy) is 2. The Morgan fingerprint density at radius 2 is 1.02 bits per heavy atom. The summed E-state index contributed by atoms with van der Waals surface area (Å²) in [5.41, 5.74) is 10.9. The molecule has 0 saturated carbocycles. The van der Waals surface area contributed by atoms with E-state index in [-0.39, 0.29) is 82.7 Å². The van der Waals surface area contributed by atoms with Gasteiger partial charge in [-0.15, -0.1) is 69.3 Å². The number of anilines is 1. The van der Waals surface area contributed by atoms with Crippen LogP contribution in [0.2, 0.25) is 0 Å². The first-order valence-corrected chi connectivity index (χ1v) is 47.0. The quantitative estimate of drug-likeness (QED) is 0.0461. The molecule has 2 fully saturated rings.